The summed E-state index contributed by atoms with van der Waals surface area (Å²) in [6.07, 6.45) is 0.390. The average Bonchev–Trinajstić information content (AvgIpc) is 3.34. The number of rotatable bonds is 18. The maximum Gasteiger partial charge on any atom is 0.326 e. The van der Waals surface area contributed by atoms with Crippen LogP contribution >= 0.6 is 0 Å². The van der Waals surface area contributed by atoms with Gasteiger partial charge in [0.2, 0.25) is 23.6 Å². The van der Waals surface area contributed by atoms with Crippen LogP contribution in [0.3, 0.4) is 0 Å². The van der Waals surface area contributed by atoms with Crippen molar-refractivity contribution in [3.63, 3.8) is 0 Å². The molecule has 1 aromatic carbocycles. The maximum absolute atomic E-state index is 13.2. The van der Waals surface area contributed by atoms with Crippen LogP contribution in [0.25, 0.3) is 10.9 Å². The molecule has 4 atom stereocenters. The van der Waals surface area contributed by atoms with E-state index in [1.54, 1.807) is 30.5 Å². The van der Waals surface area contributed by atoms with E-state index in [4.69, 9.17) is 28.0 Å². The fourth-order valence-corrected chi connectivity index (χ4v) is 4.14. The van der Waals surface area contributed by atoms with E-state index in [0.29, 0.717) is 5.56 Å². The van der Waals surface area contributed by atoms with Crippen molar-refractivity contribution in [3.8, 4) is 0 Å². The largest absolute Gasteiger partial charge is 0.481 e. The van der Waals surface area contributed by atoms with Crippen molar-refractivity contribution in [3.05, 3.63) is 36.0 Å². The van der Waals surface area contributed by atoms with Gasteiger partial charge in [0.05, 0.1) is 12.5 Å². The van der Waals surface area contributed by atoms with E-state index in [0.717, 1.165) is 10.9 Å². The molecule has 0 aliphatic carbocycles. The van der Waals surface area contributed by atoms with Gasteiger partial charge in [0.15, 0.2) is 5.96 Å². The lowest BCUT2D eigenvalue weighted by Crippen LogP contribution is -2.58. The van der Waals surface area contributed by atoms with Crippen molar-refractivity contribution < 1.29 is 39.0 Å². The Hall–Kier alpha value is -5.19. The second kappa shape index (κ2) is 16.3. The Morgan fingerprint density at radius 2 is 1.49 bits per heavy atom. The van der Waals surface area contributed by atoms with Gasteiger partial charge in [0.25, 0.3) is 0 Å². The summed E-state index contributed by atoms with van der Waals surface area (Å²) in [6, 6.07) is 1.59. The van der Waals surface area contributed by atoms with Gasteiger partial charge >= 0.3 is 11.9 Å². The SMILES string of the molecule is NC(=O)CC(NC(=O)C(CCCN=C(N)N)NC(=O)C(N)CCC(=O)O)C(=O)NC(Cc1c[nH]c2ccccc12)C(=O)O. The minimum Gasteiger partial charge on any atom is -0.481 e. The number of aliphatic carboxylic acids is 2. The Kier molecular flexibility index (Phi) is 12.9. The van der Waals surface area contributed by atoms with E-state index in [1.165, 1.54) is 0 Å². The predicted molar refractivity (Wildman–Crippen MR) is 154 cm³/mol. The molecule has 234 valence electrons. The van der Waals surface area contributed by atoms with Gasteiger partial charge < -0.3 is 54.1 Å². The number of guanidine groups is 1. The molecule has 1 aromatic heterocycles. The Labute approximate surface area is 245 Å². The summed E-state index contributed by atoms with van der Waals surface area (Å²) >= 11 is 0. The average molecular weight is 604 g/mol. The van der Waals surface area contributed by atoms with Crippen molar-refractivity contribution in [2.45, 2.75) is 62.7 Å². The molecule has 0 fully saturated rings. The van der Waals surface area contributed by atoms with Crippen LogP contribution in [0, 0.1) is 0 Å². The van der Waals surface area contributed by atoms with Crippen LogP contribution in [0.2, 0.25) is 0 Å². The quantitative estimate of drug-likeness (QED) is 0.0477. The Balaban J connectivity index is 2.19. The number of nitrogens with one attached hydrogen (secondary N) is 4. The van der Waals surface area contributed by atoms with Crippen molar-refractivity contribution in [1.82, 2.24) is 20.9 Å². The molecule has 0 saturated carbocycles. The summed E-state index contributed by atoms with van der Waals surface area (Å²) in [5, 5.41) is 26.5. The van der Waals surface area contributed by atoms with E-state index in [-0.39, 0.29) is 44.6 Å². The Morgan fingerprint density at radius 1 is 0.860 bits per heavy atom. The number of carboxylic acids is 2. The number of nitrogens with two attached hydrogens (primary N) is 4. The number of primary amides is 1. The number of aromatic amines is 1. The zero-order valence-electron chi connectivity index (χ0n) is 23.2. The van der Waals surface area contributed by atoms with Crippen molar-refractivity contribution >= 4 is 52.4 Å². The maximum atomic E-state index is 13.2. The molecule has 0 radical (unpaired) electrons. The topological polar surface area (TPSA) is 311 Å². The van der Waals surface area contributed by atoms with Gasteiger partial charge in [0.1, 0.15) is 18.1 Å². The minimum absolute atomic E-state index is 0.0385. The Bertz CT molecular complexity index is 1360. The summed E-state index contributed by atoms with van der Waals surface area (Å²) in [7, 11) is 0. The van der Waals surface area contributed by atoms with Gasteiger partial charge in [0, 0.05) is 36.5 Å². The standard InChI is InChI=1S/C26H37N9O8/c27-15(7-8-21(37)38)22(39)33-17(6-3-9-31-26(29)30)23(40)34-18(11-20(28)36)24(41)35-19(25(42)43)10-13-12-32-16-5-2-1-4-14(13)16/h1-2,4-5,12,15,17-19,32H,3,6-11,27H2,(H2,28,36)(H,33,39)(H,34,40)(H,35,41)(H,37,38)(H,42,43)(H4,29,30,31). The molecule has 0 saturated heterocycles. The summed E-state index contributed by atoms with van der Waals surface area (Å²) < 4.78 is 0. The second-order valence-corrected chi connectivity index (χ2v) is 9.74. The third kappa shape index (κ3) is 11.3. The van der Waals surface area contributed by atoms with Crippen LogP contribution < -0.4 is 38.9 Å². The molecule has 0 spiro atoms. The molecular weight excluding hydrogens is 566 g/mol. The van der Waals surface area contributed by atoms with Crippen LogP contribution in [0.4, 0.5) is 0 Å². The van der Waals surface area contributed by atoms with Gasteiger partial charge in [-0.25, -0.2) is 4.79 Å². The fraction of sp³-hybridized carbons (Fsp3) is 0.423. The van der Waals surface area contributed by atoms with Crippen LogP contribution in [0.1, 0.15) is 37.7 Å². The molecule has 4 unspecified atom stereocenters. The van der Waals surface area contributed by atoms with Crippen LogP contribution in [-0.2, 0) is 35.2 Å². The molecule has 43 heavy (non-hydrogen) atoms. The number of aromatic nitrogens is 1. The van der Waals surface area contributed by atoms with Gasteiger partial charge in [-0.05, 0) is 30.9 Å². The molecular formula is C26H37N9O8. The lowest BCUT2D eigenvalue weighted by atomic mass is 10.0. The first-order valence-corrected chi connectivity index (χ1v) is 13.3. The van der Waals surface area contributed by atoms with Crippen LogP contribution in [0.15, 0.2) is 35.5 Å². The highest BCUT2D eigenvalue weighted by Crippen LogP contribution is 2.19. The highest BCUT2D eigenvalue weighted by molar-refractivity contribution is 5.96. The number of aliphatic imine (C=N–C) groups is 1. The molecule has 0 aliphatic heterocycles. The van der Waals surface area contributed by atoms with E-state index in [9.17, 15) is 33.9 Å². The van der Waals surface area contributed by atoms with Crippen molar-refractivity contribution in [2.24, 2.45) is 27.9 Å². The number of carbonyl (C=O) groups is 6. The van der Waals surface area contributed by atoms with Gasteiger partial charge in [-0.1, -0.05) is 18.2 Å². The normalized spacial score (nSPS) is 13.6. The zero-order valence-corrected chi connectivity index (χ0v) is 23.2. The third-order valence-electron chi connectivity index (χ3n) is 6.34. The van der Waals surface area contributed by atoms with Gasteiger partial charge in [-0.2, -0.15) is 0 Å². The van der Waals surface area contributed by atoms with Gasteiger partial charge in [-0.3, -0.25) is 29.0 Å². The number of carboxylic acid groups (broad SMARTS) is 2. The summed E-state index contributed by atoms with van der Waals surface area (Å²) in [6.45, 7) is 0.0897. The summed E-state index contributed by atoms with van der Waals surface area (Å²) in [4.78, 5) is 80.4. The molecule has 2 aromatic rings. The van der Waals surface area contributed by atoms with Crippen molar-refractivity contribution in [2.75, 3.05) is 6.54 Å². The smallest absolute Gasteiger partial charge is 0.326 e. The first-order valence-electron chi connectivity index (χ1n) is 13.3. The number of fused-ring (bicyclic) bond motifs is 1. The van der Waals surface area contributed by atoms with Crippen LogP contribution in [-0.4, -0.2) is 87.4 Å². The van der Waals surface area contributed by atoms with E-state index in [1.807, 2.05) is 0 Å². The van der Waals surface area contributed by atoms with Crippen molar-refractivity contribution in [1.29, 1.82) is 0 Å². The zero-order chi connectivity index (χ0) is 32.1. The molecule has 2 rings (SSSR count). The molecule has 0 aliphatic rings. The van der Waals surface area contributed by atoms with E-state index >= 15 is 0 Å². The second-order valence-electron chi connectivity index (χ2n) is 9.74. The summed E-state index contributed by atoms with van der Waals surface area (Å²) in [5.74, 6) is -6.42. The first kappa shape index (κ1) is 34.0. The lowest BCUT2D eigenvalue weighted by molar-refractivity contribution is -0.142. The molecule has 17 nitrogen and oxygen atoms in total. The number of carbonyl (C=O) groups excluding carboxylic acids is 4. The highest BCUT2D eigenvalue weighted by Gasteiger charge is 2.31. The number of benzene rings is 1. The summed E-state index contributed by atoms with van der Waals surface area (Å²) in [5.41, 5.74) is 23.0. The third-order valence-corrected chi connectivity index (χ3v) is 6.34. The van der Waals surface area contributed by atoms with Crippen LogP contribution in [0.5, 0.6) is 0 Å². The molecule has 1 heterocycles. The number of H-pyrrole nitrogens is 1. The molecule has 4 amide bonds. The molecule has 0 bridgehead atoms. The Morgan fingerprint density at radius 3 is 2.12 bits per heavy atom. The molecule has 14 N–H and O–H groups in total. The highest BCUT2D eigenvalue weighted by atomic mass is 16.4. The minimum atomic E-state index is -1.59. The number of para-hydroxylation sites is 1. The van der Waals surface area contributed by atoms with Gasteiger partial charge in [-0.15, -0.1) is 0 Å². The van der Waals surface area contributed by atoms with E-state index in [2.05, 4.69) is 25.9 Å². The molecule has 17 heteroatoms. The first-order chi connectivity index (χ1) is 20.3. The lowest BCUT2D eigenvalue weighted by Gasteiger charge is -2.24. The number of amides is 4. The van der Waals surface area contributed by atoms with E-state index < -0.39 is 66.2 Å². The fourth-order valence-electron chi connectivity index (χ4n) is 4.14. The number of nitrogens with zero attached hydrogens (tertiary/aromatic N) is 1. The number of hydrogen-bond acceptors (Lipinski definition) is 8. The monoisotopic (exact) mass is 603 g/mol. The number of hydrogen-bond donors (Lipinski definition) is 10. The predicted octanol–water partition coefficient (Wildman–Crippen LogP) is -2.63.